The molecule has 1 saturated heterocycles. The zero-order valence-electron chi connectivity index (χ0n) is 13.9. The number of aryl methyl sites for hydroxylation is 1. The van der Waals surface area contributed by atoms with Crippen LogP contribution in [-0.2, 0) is 13.0 Å². The van der Waals surface area contributed by atoms with Crippen LogP contribution < -0.4 is 5.73 Å². The lowest BCUT2D eigenvalue weighted by atomic mass is 9.99. The Morgan fingerprint density at radius 1 is 1.30 bits per heavy atom. The van der Waals surface area contributed by atoms with E-state index in [0.717, 1.165) is 44.0 Å². The minimum atomic E-state index is 0.681. The molecule has 23 heavy (non-hydrogen) atoms. The summed E-state index contributed by atoms with van der Waals surface area (Å²) in [5.74, 6) is 2.22. The minimum absolute atomic E-state index is 0.681. The highest BCUT2D eigenvalue weighted by Crippen LogP contribution is 2.21. The molecule has 3 rings (SSSR count). The quantitative estimate of drug-likeness (QED) is 0.888. The third-order valence-corrected chi connectivity index (χ3v) is 4.56. The van der Waals surface area contributed by atoms with Crippen LogP contribution in [0.5, 0.6) is 0 Å². The number of nitrogens with two attached hydrogens (primary N) is 1. The summed E-state index contributed by atoms with van der Waals surface area (Å²) in [5.41, 5.74) is 7.87. The van der Waals surface area contributed by atoms with E-state index in [1.54, 1.807) is 0 Å². The standard InChI is InChI=1S/C18H26N4O/c1-14-7-10-22(11-8-14)13-17-20-18(21-23-17)16-6-2-4-15(12-16)5-3-9-19/h2,4,6,12,14H,3,5,7-11,13,19H2,1H3. The summed E-state index contributed by atoms with van der Waals surface area (Å²) in [6, 6.07) is 8.33. The van der Waals surface area contributed by atoms with Crippen molar-refractivity contribution in [2.24, 2.45) is 11.7 Å². The van der Waals surface area contributed by atoms with Gasteiger partial charge in [0.2, 0.25) is 11.7 Å². The van der Waals surface area contributed by atoms with Crippen LogP contribution in [0.4, 0.5) is 0 Å². The molecule has 0 saturated carbocycles. The zero-order chi connectivity index (χ0) is 16.1. The van der Waals surface area contributed by atoms with Crippen molar-refractivity contribution in [1.29, 1.82) is 0 Å². The van der Waals surface area contributed by atoms with E-state index in [2.05, 4.69) is 34.1 Å². The maximum absolute atomic E-state index is 5.58. The Bertz CT molecular complexity index is 617. The summed E-state index contributed by atoms with van der Waals surface area (Å²) in [7, 11) is 0. The van der Waals surface area contributed by atoms with Crippen molar-refractivity contribution in [3.05, 3.63) is 35.7 Å². The van der Waals surface area contributed by atoms with Gasteiger partial charge in [0.05, 0.1) is 6.54 Å². The molecule has 1 aromatic carbocycles. The summed E-state index contributed by atoms with van der Waals surface area (Å²) in [4.78, 5) is 6.97. The van der Waals surface area contributed by atoms with Crippen molar-refractivity contribution in [3.8, 4) is 11.4 Å². The van der Waals surface area contributed by atoms with Crippen LogP contribution >= 0.6 is 0 Å². The third kappa shape index (κ3) is 4.39. The summed E-state index contributed by atoms with van der Waals surface area (Å²) in [6.07, 6.45) is 4.49. The van der Waals surface area contributed by atoms with Gasteiger partial charge in [-0.25, -0.2) is 0 Å². The van der Waals surface area contributed by atoms with Crippen LogP contribution in [-0.4, -0.2) is 34.7 Å². The van der Waals surface area contributed by atoms with E-state index in [9.17, 15) is 0 Å². The maximum Gasteiger partial charge on any atom is 0.241 e. The molecule has 0 aliphatic carbocycles. The molecule has 2 N–H and O–H groups in total. The number of hydrogen-bond acceptors (Lipinski definition) is 5. The fourth-order valence-corrected chi connectivity index (χ4v) is 3.02. The van der Waals surface area contributed by atoms with Gasteiger partial charge in [-0.15, -0.1) is 0 Å². The minimum Gasteiger partial charge on any atom is -0.338 e. The zero-order valence-corrected chi connectivity index (χ0v) is 13.9. The highest BCUT2D eigenvalue weighted by Gasteiger charge is 2.18. The molecule has 1 aromatic heterocycles. The van der Waals surface area contributed by atoms with Gasteiger partial charge in [0.15, 0.2) is 0 Å². The fourth-order valence-electron chi connectivity index (χ4n) is 3.02. The first-order valence-electron chi connectivity index (χ1n) is 8.59. The lowest BCUT2D eigenvalue weighted by Gasteiger charge is -2.28. The highest BCUT2D eigenvalue weighted by atomic mass is 16.5. The summed E-state index contributed by atoms with van der Waals surface area (Å²) >= 11 is 0. The Kier molecular flexibility index (Phi) is 5.41. The van der Waals surface area contributed by atoms with E-state index in [4.69, 9.17) is 10.3 Å². The molecular weight excluding hydrogens is 288 g/mol. The number of piperidine rings is 1. The first-order chi connectivity index (χ1) is 11.2. The molecule has 5 nitrogen and oxygen atoms in total. The second-order valence-corrected chi connectivity index (χ2v) is 6.56. The van der Waals surface area contributed by atoms with Crippen molar-refractivity contribution >= 4 is 0 Å². The van der Waals surface area contributed by atoms with E-state index >= 15 is 0 Å². The van der Waals surface area contributed by atoms with Crippen molar-refractivity contribution < 1.29 is 4.52 Å². The lowest BCUT2D eigenvalue weighted by Crippen LogP contribution is -2.32. The van der Waals surface area contributed by atoms with Gasteiger partial charge in [0.25, 0.3) is 0 Å². The van der Waals surface area contributed by atoms with Crippen LogP contribution in [0.15, 0.2) is 28.8 Å². The summed E-state index contributed by atoms with van der Waals surface area (Å²) in [5, 5.41) is 4.15. The molecule has 0 spiro atoms. The van der Waals surface area contributed by atoms with Gasteiger partial charge in [-0.1, -0.05) is 30.3 Å². The van der Waals surface area contributed by atoms with Crippen LogP contribution in [0.25, 0.3) is 11.4 Å². The second-order valence-electron chi connectivity index (χ2n) is 6.56. The molecular formula is C18H26N4O. The largest absolute Gasteiger partial charge is 0.338 e. The van der Waals surface area contributed by atoms with Gasteiger partial charge >= 0.3 is 0 Å². The average molecular weight is 314 g/mol. The number of hydrogen-bond donors (Lipinski definition) is 1. The molecule has 5 heteroatoms. The van der Waals surface area contributed by atoms with E-state index in [1.165, 1.54) is 18.4 Å². The topological polar surface area (TPSA) is 68.2 Å². The van der Waals surface area contributed by atoms with Crippen LogP contribution in [0.3, 0.4) is 0 Å². The SMILES string of the molecule is CC1CCN(Cc2nc(-c3cccc(CCCN)c3)no2)CC1. The van der Waals surface area contributed by atoms with Gasteiger partial charge in [0.1, 0.15) is 0 Å². The Morgan fingerprint density at radius 3 is 2.91 bits per heavy atom. The smallest absolute Gasteiger partial charge is 0.241 e. The van der Waals surface area contributed by atoms with Crippen LogP contribution in [0, 0.1) is 5.92 Å². The average Bonchev–Trinajstić information content (AvgIpc) is 3.04. The van der Waals surface area contributed by atoms with E-state index < -0.39 is 0 Å². The number of likely N-dealkylation sites (tertiary alicyclic amines) is 1. The first-order valence-corrected chi connectivity index (χ1v) is 8.59. The Hall–Kier alpha value is -1.72. The fraction of sp³-hybridized carbons (Fsp3) is 0.556. The molecule has 0 radical (unpaired) electrons. The Balaban J connectivity index is 1.64. The number of aromatic nitrogens is 2. The van der Waals surface area contributed by atoms with Crippen LogP contribution in [0.2, 0.25) is 0 Å². The van der Waals surface area contributed by atoms with Gasteiger partial charge in [-0.05, 0) is 62.9 Å². The normalized spacial score (nSPS) is 16.8. The lowest BCUT2D eigenvalue weighted by molar-refractivity contribution is 0.165. The second kappa shape index (κ2) is 7.70. The van der Waals surface area contributed by atoms with Crippen molar-refractivity contribution in [3.63, 3.8) is 0 Å². The Labute approximate surface area is 137 Å². The van der Waals surface area contributed by atoms with Crippen molar-refractivity contribution in [1.82, 2.24) is 15.0 Å². The number of nitrogens with zero attached hydrogens (tertiary/aromatic N) is 3. The number of benzene rings is 1. The van der Waals surface area contributed by atoms with Gasteiger partial charge in [-0.2, -0.15) is 4.98 Å². The molecule has 1 fully saturated rings. The third-order valence-electron chi connectivity index (χ3n) is 4.56. The molecule has 2 aromatic rings. The molecule has 0 bridgehead atoms. The molecule has 124 valence electrons. The molecule has 1 aliphatic heterocycles. The van der Waals surface area contributed by atoms with Crippen molar-refractivity contribution in [2.75, 3.05) is 19.6 Å². The van der Waals surface area contributed by atoms with E-state index in [0.29, 0.717) is 18.3 Å². The van der Waals surface area contributed by atoms with Gasteiger partial charge in [-0.3, -0.25) is 4.90 Å². The molecule has 2 heterocycles. The molecule has 0 atom stereocenters. The number of rotatable bonds is 6. The first kappa shape index (κ1) is 16.1. The van der Waals surface area contributed by atoms with Gasteiger partial charge in [0, 0.05) is 5.56 Å². The highest BCUT2D eigenvalue weighted by molar-refractivity contribution is 5.55. The summed E-state index contributed by atoms with van der Waals surface area (Å²) < 4.78 is 5.45. The Morgan fingerprint density at radius 2 is 2.13 bits per heavy atom. The molecule has 0 unspecified atom stereocenters. The predicted octanol–water partition coefficient (Wildman–Crippen LogP) is 2.86. The van der Waals surface area contributed by atoms with E-state index in [1.807, 2.05) is 12.1 Å². The van der Waals surface area contributed by atoms with Crippen molar-refractivity contribution in [2.45, 2.75) is 39.2 Å². The molecule has 1 aliphatic rings. The van der Waals surface area contributed by atoms with E-state index in [-0.39, 0.29) is 0 Å². The molecule has 0 amide bonds. The monoisotopic (exact) mass is 314 g/mol. The summed E-state index contributed by atoms with van der Waals surface area (Å²) in [6.45, 7) is 6.03. The maximum atomic E-state index is 5.58. The van der Waals surface area contributed by atoms with Gasteiger partial charge < -0.3 is 10.3 Å². The predicted molar refractivity (Wildman–Crippen MR) is 90.8 cm³/mol. The van der Waals surface area contributed by atoms with Crippen LogP contribution in [0.1, 0.15) is 37.6 Å².